The molecule has 13 heavy (non-hydrogen) atoms. The summed E-state index contributed by atoms with van der Waals surface area (Å²) in [4.78, 5) is 4.27. The topological polar surface area (TPSA) is 37.4 Å². The van der Waals surface area contributed by atoms with Gasteiger partial charge < -0.3 is 4.74 Å². The predicted octanol–water partition coefficient (Wildman–Crippen LogP) is 0.805. The molecule has 70 valence electrons. The van der Waals surface area contributed by atoms with E-state index in [9.17, 15) is 0 Å². The maximum atomic E-state index is 5.03. The summed E-state index contributed by atoms with van der Waals surface area (Å²) >= 11 is 0. The monoisotopic (exact) mass is 179 g/mol. The van der Waals surface area contributed by atoms with Gasteiger partial charge >= 0.3 is 0 Å². The molecule has 1 aromatic heterocycles. The maximum absolute atomic E-state index is 5.03. The number of nitrogens with zero attached hydrogens (tertiary/aromatic N) is 2. The Labute approximate surface area is 77.5 Å². The van der Waals surface area contributed by atoms with Crippen LogP contribution in [0.15, 0.2) is 18.3 Å². The number of anilines is 1. The van der Waals surface area contributed by atoms with E-state index in [1.807, 2.05) is 12.1 Å². The summed E-state index contributed by atoms with van der Waals surface area (Å²) in [5.74, 6) is 1.75. The van der Waals surface area contributed by atoms with Crippen molar-refractivity contribution in [3.63, 3.8) is 0 Å². The lowest BCUT2D eigenvalue weighted by molar-refractivity contribution is 0.413. The first-order valence-corrected chi connectivity index (χ1v) is 4.41. The molecule has 1 N–H and O–H groups in total. The Hall–Kier alpha value is -1.29. The van der Waals surface area contributed by atoms with Crippen LogP contribution in [-0.2, 0) is 0 Å². The first kappa shape index (κ1) is 8.31. The van der Waals surface area contributed by atoms with E-state index in [0.717, 1.165) is 24.7 Å². The van der Waals surface area contributed by atoms with Gasteiger partial charge in [0.05, 0.1) is 13.3 Å². The number of ether oxygens (including phenoxy) is 1. The summed E-state index contributed by atoms with van der Waals surface area (Å²) < 4.78 is 5.03. The zero-order valence-corrected chi connectivity index (χ0v) is 7.66. The Morgan fingerprint density at radius 1 is 1.54 bits per heavy atom. The Morgan fingerprint density at radius 2 is 2.46 bits per heavy atom. The molecule has 0 radical (unpaired) electrons. The van der Waals surface area contributed by atoms with Crippen molar-refractivity contribution in [1.29, 1.82) is 0 Å². The number of rotatable bonds is 2. The number of aromatic nitrogens is 1. The van der Waals surface area contributed by atoms with E-state index in [-0.39, 0.29) is 0 Å². The van der Waals surface area contributed by atoms with Crippen molar-refractivity contribution in [2.45, 2.75) is 6.42 Å². The molecule has 0 unspecified atom stereocenters. The third-order valence-electron chi connectivity index (χ3n) is 2.09. The zero-order chi connectivity index (χ0) is 9.10. The highest BCUT2D eigenvalue weighted by molar-refractivity contribution is 5.40. The molecule has 1 aromatic rings. The van der Waals surface area contributed by atoms with E-state index in [4.69, 9.17) is 4.74 Å². The number of nitrogens with one attached hydrogen (secondary N) is 1. The van der Waals surface area contributed by atoms with Crippen molar-refractivity contribution in [2.24, 2.45) is 0 Å². The third-order valence-corrected chi connectivity index (χ3v) is 2.09. The Kier molecular flexibility index (Phi) is 2.31. The third kappa shape index (κ3) is 1.72. The van der Waals surface area contributed by atoms with Gasteiger partial charge in [-0.25, -0.2) is 10.4 Å². The van der Waals surface area contributed by atoms with Gasteiger partial charge in [0.1, 0.15) is 11.6 Å². The Bertz CT molecular complexity index is 267. The van der Waals surface area contributed by atoms with E-state index in [1.165, 1.54) is 6.42 Å². The van der Waals surface area contributed by atoms with Crippen molar-refractivity contribution in [2.75, 3.05) is 25.2 Å². The molecule has 4 nitrogen and oxygen atoms in total. The predicted molar refractivity (Wildman–Crippen MR) is 50.8 cm³/mol. The second kappa shape index (κ2) is 3.62. The van der Waals surface area contributed by atoms with Crippen LogP contribution in [0.4, 0.5) is 5.82 Å². The summed E-state index contributed by atoms with van der Waals surface area (Å²) in [5.41, 5.74) is 3.24. The fourth-order valence-electron chi connectivity index (χ4n) is 1.38. The molecule has 0 spiro atoms. The highest BCUT2D eigenvalue weighted by atomic mass is 16.5. The van der Waals surface area contributed by atoms with Crippen LogP contribution >= 0.6 is 0 Å². The van der Waals surface area contributed by atoms with Gasteiger partial charge in [-0.1, -0.05) is 0 Å². The molecule has 2 rings (SSSR count). The summed E-state index contributed by atoms with van der Waals surface area (Å²) in [7, 11) is 1.64. The molecular formula is C9H13N3O. The van der Waals surface area contributed by atoms with Gasteiger partial charge in [0, 0.05) is 13.1 Å². The second-order valence-electron chi connectivity index (χ2n) is 2.97. The number of hydrazine groups is 1. The normalized spacial score (nSPS) is 16.2. The van der Waals surface area contributed by atoms with Crippen LogP contribution in [0.2, 0.25) is 0 Å². The van der Waals surface area contributed by atoms with Crippen LogP contribution in [0.5, 0.6) is 5.75 Å². The van der Waals surface area contributed by atoms with Crippen molar-refractivity contribution >= 4 is 5.82 Å². The van der Waals surface area contributed by atoms with E-state index >= 15 is 0 Å². The fourth-order valence-corrected chi connectivity index (χ4v) is 1.38. The molecular weight excluding hydrogens is 166 g/mol. The lowest BCUT2D eigenvalue weighted by atomic mass is 10.4. The van der Waals surface area contributed by atoms with Gasteiger partial charge in [0.2, 0.25) is 0 Å². The Morgan fingerprint density at radius 3 is 3.00 bits per heavy atom. The van der Waals surface area contributed by atoms with Crippen molar-refractivity contribution in [3.8, 4) is 5.75 Å². The highest BCUT2D eigenvalue weighted by Crippen LogP contribution is 2.15. The van der Waals surface area contributed by atoms with Crippen molar-refractivity contribution in [1.82, 2.24) is 10.4 Å². The van der Waals surface area contributed by atoms with Gasteiger partial charge in [0.25, 0.3) is 0 Å². The molecule has 0 aromatic carbocycles. The molecule has 1 fully saturated rings. The van der Waals surface area contributed by atoms with E-state index in [1.54, 1.807) is 13.3 Å². The van der Waals surface area contributed by atoms with Gasteiger partial charge in [-0.05, 0) is 18.6 Å². The zero-order valence-electron chi connectivity index (χ0n) is 7.66. The minimum atomic E-state index is 0.794. The largest absolute Gasteiger partial charge is 0.495 e. The molecule has 1 aliphatic rings. The average molecular weight is 179 g/mol. The lowest BCUT2D eigenvalue weighted by Gasteiger charge is -2.16. The number of hydrogen-bond donors (Lipinski definition) is 1. The summed E-state index contributed by atoms with van der Waals surface area (Å²) in [5, 5.41) is 2.06. The number of hydrogen-bond acceptors (Lipinski definition) is 4. The van der Waals surface area contributed by atoms with Gasteiger partial charge in [-0.3, -0.25) is 5.01 Å². The molecule has 2 heterocycles. The number of methoxy groups -OCH3 is 1. The molecule has 0 atom stereocenters. The molecule has 0 bridgehead atoms. The standard InChI is InChI=1S/C9H13N3O/c1-13-8-3-4-9(10-7-8)12-6-2-5-11-12/h3-4,7,11H,2,5-6H2,1H3. The Balaban J connectivity index is 2.12. The molecule has 1 aliphatic heterocycles. The van der Waals surface area contributed by atoms with Gasteiger partial charge in [-0.2, -0.15) is 0 Å². The quantitative estimate of drug-likeness (QED) is 0.728. The maximum Gasteiger partial charge on any atom is 0.142 e. The second-order valence-corrected chi connectivity index (χ2v) is 2.97. The van der Waals surface area contributed by atoms with Crippen LogP contribution in [-0.4, -0.2) is 25.2 Å². The van der Waals surface area contributed by atoms with Crippen LogP contribution in [0.3, 0.4) is 0 Å². The van der Waals surface area contributed by atoms with Crippen molar-refractivity contribution in [3.05, 3.63) is 18.3 Å². The van der Waals surface area contributed by atoms with Crippen LogP contribution in [0.25, 0.3) is 0 Å². The summed E-state index contributed by atoms with van der Waals surface area (Å²) in [6, 6.07) is 3.87. The van der Waals surface area contributed by atoms with Crippen LogP contribution in [0.1, 0.15) is 6.42 Å². The van der Waals surface area contributed by atoms with Crippen LogP contribution in [0, 0.1) is 0 Å². The van der Waals surface area contributed by atoms with Gasteiger partial charge in [0.15, 0.2) is 0 Å². The van der Waals surface area contributed by atoms with E-state index in [0.29, 0.717) is 0 Å². The minimum Gasteiger partial charge on any atom is -0.495 e. The average Bonchev–Trinajstić information content (AvgIpc) is 2.71. The fraction of sp³-hybridized carbons (Fsp3) is 0.444. The van der Waals surface area contributed by atoms with E-state index < -0.39 is 0 Å². The first-order chi connectivity index (χ1) is 6.40. The van der Waals surface area contributed by atoms with Crippen LogP contribution < -0.4 is 15.2 Å². The number of pyridine rings is 1. The summed E-state index contributed by atoms with van der Waals surface area (Å²) in [6.45, 7) is 2.06. The molecule has 4 heteroatoms. The van der Waals surface area contributed by atoms with Crippen molar-refractivity contribution < 1.29 is 4.74 Å². The highest BCUT2D eigenvalue weighted by Gasteiger charge is 2.12. The molecule has 0 amide bonds. The molecule has 0 aliphatic carbocycles. The minimum absolute atomic E-state index is 0.794. The molecule has 0 saturated carbocycles. The van der Waals surface area contributed by atoms with E-state index in [2.05, 4.69) is 15.4 Å². The van der Waals surface area contributed by atoms with Gasteiger partial charge in [-0.15, -0.1) is 0 Å². The smallest absolute Gasteiger partial charge is 0.142 e. The lowest BCUT2D eigenvalue weighted by Crippen LogP contribution is -2.31. The SMILES string of the molecule is COc1ccc(N2CCCN2)nc1. The summed E-state index contributed by atoms with van der Waals surface area (Å²) in [6.07, 6.45) is 2.91. The first-order valence-electron chi connectivity index (χ1n) is 4.41. The molecule has 1 saturated heterocycles.